The summed E-state index contributed by atoms with van der Waals surface area (Å²) in [5.41, 5.74) is 5.65. The highest BCUT2D eigenvalue weighted by molar-refractivity contribution is 9.10. The maximum Gasteiger partial charge on any atom is 0.172 e. The van der Waals surface area contributed by atoms with Crippen LogP contribution in [0.3, 0.4) is 0 Å². The molecule has 0 saturated carbocycles. The van der Waals surface area contributed by atoms with Gasteiger partial charge in [0.25, 0.3) is 0 Å². The number of carbonyl (C=O) groups excluding carboxylic acids is 1. The van der Waals surface area contributed by atoms with Crippen LogP contribution in [0.2, 0.25) is 0 Å². The second-order valence-corrected chi connectivity index (χ2v) is 6.41. The molecule has 84 valence electrons. The van der Waals surface area contributed by atoms with Crippen LogP contribution in [0.4, 0.5) is 0 Å². The molecular weight excluding hydrogens is 274 g/mol. The summed E-state index contributed by atoms with van der Waals surface area (Å²) < 4.78 is 0.856. The Labute approximate surface area is 103 Å². The molecule has 0 spiro atoms. The third kappa shape index (κ3) is 2.32. The van der Waals surface area contributed by atoms with E-state index in [-0.39, 0.29) is 5.78 Å². The van der Waals surface area contributed by atoms with Gasteiger partial charge in [0.15, 0.2) is 5.78 Å². The number of Topliss-reactive ketones (excluding diaryl/α,β-unsaturated/α-hetero) is 1. The van der Waals surface area contributed by atoms with Gasteiger partial charge in [-0.3, -0.25) is 4.79 Å². The molecule has 0 aliphatic carbocycles. The van der Waals surface area contributed by atoms with Crippen molar-refractivity contribution in [2.75, 3.05) is 0 Å². The van der Waals surface area contributed by atoms with E-state index in [0.717, 1.165) is 10.0 Å². The lowest BCUT2D eigenvalue weighted by Gasteiger charge is -2.36. The van der Waals surface area contributed by atoms with Gasteiger partial charge in [-0.1, -0.05) is 13.8 Å². The van der Waals surface area contributed by atoms with Gasteiger partial charge in [-0.25, -0.2) is 0 Å². The molecule has 1 heterocycles. The zero-order chi connectivity index (χ0) is 11.9. The van der Waals surface area contributed by atoms with Gasteiger partial charge < -0.3 is 5.73 Å². The maximum atomic E-state index is 12.3. The molecule has 0 fully saturated rings. The molecule has 0 aromatic carbocycles. The normalized spacial score (nSPS) is 12.9. The second-order valence-electron chi connectivity index (χ2n) is 4.81. The number of thiophene rings is 1. The van der Waals surface area contributed by atoms with E-state index in [4.69, 9.17) is 5.73 Å². The molecule has 0 radical (unpaired) electrons. The van der Waals surface area contributed by atoms with E-state index >= 15 is 0 Å². The van der Waals surface area contributed by atoms with Crippen LogP contribution >= 0.6 is 27.3 Å². The van der Waals surface area contributed by atoms with Gasteiger partial charge >= 0.3 is 0 Å². The van der Waals surface area contributed by atoms with Gasteiger partial charge in [0, 0.05) is 31.8 Å². The first-order chi connectivity index (χ1) is 6.68. The van der Waals surface area contributed by atoms with Gasteiger partial charge in [-0.2, -0.15) is 11.3 Å². The number of hydrogen-bond acceptors (Lipinski definition) is 3. The Bertz CT molecular complexity index is 376. The Morgan fingerprint density at radius 3 is 2.20 bits per heavy atom. The van der Waals surface area contributed by atoms with Crippen molar-refractivity contribution in [3.05, 3.63) is 20.8 Å². The van der Waals surface area contributed by atoms with Crippen molar-refractivity contribution in [1.29, 1.82) is 0 Å². The SMILES string of the molecule is CC(C)(N)C(C)(C)C(=O)c1cscc1Br. The third-order valence-electron chi connectivity index (χ3n) is 3.04. The predicted molar refractivity (Wildman–Crippen MR) is 68.4 cm³/mol. The minimum atomic E-state index is -0.573. The van der Waals surface area contributed by atoms with Crippen LogP contribution in [-0.2, 0) is 0 Å². The Morgan fingerprint density at radius 1 is 1.33 bits per heavy atom. The van der Waals surface area contributed by atoms with Crippen LogP contribution in [0.1, 0.15) is 38.1 Å². The molecule has 1 aromatic heterocycles. The zero-order valence-corrected chi connectivity index (χ0v) is 11.8. The van der Waals surface area contributed by atoms with E-state index in [1.807, 2.05) is 38.5 Å². The van der Waals surface area contributed by atoms with Crippen molar-refractivity contribution < 1.29 is 4.79 Å². The lowest BCUT2D eigenvalue weighted by atomic mass is 9.71. The minimum Gasteiger partial charge on any atom is -0.325 e. The van der Waals surface area contributed by atoms with Gasteiger partial charge in [0.05, 0.1) is 0 Å². The lowest BCUT2D eigenvalue weighted by molar-refractivity contribution is 0.0734. The zero-order valence-electron chi connectivity index (χ0n) is 9.43. The summed E-state index contributed by atoms with van der Waals surface area (Å²) >= 11 is 4.89. The monoisotopic (exact) mass is 289 g/mol. The molecule has 0 amide bonds. The first kappa shape index (κ1) is 12.9. The average Bonchev–Trinajstić information content (AvgIpc) is 2.48. The van der Waals surface area contributed by atoms with Gasteiger partial charge in [0.1, 0.15) is 0 Å². The molecule has 0 unspecified atom stereocenters. The fourth-order valence-corrected chi connectivity index (χ4v) is 2.53. The van der Waals surface area contributed by atoms with Gasteiger partial charge in [0.2, 0.25) is 0 Å². The number of halogens is 1. The highest BCUT2D eigenvalue weighted by Gasteiger charge is 2.41. The molecule has 15 heavy (non-hydrogen) atoms. The molecule has 2 nitrogen and oxygen atoms in total. The standard InChI is InChI=1S/C11H16BrNOS/c1-10(2,11(3,4)13)9(14)7-5-15-6-8(7)12/h5-6H,13H2,1-4H3. The quantitative estimate of drug-likeness (QED) is 0.866. The van der Waals surface area contributed by atoms with E-state index in [9.17, 15) is 4.79 Å². The molecule has 4 heteroatoms. The Balaban J connectivity index is 3.11. The van der Waals surface area contributed by atoms with E-state index in [2.05, 4.69) is 15.9 Å². The second kappa shape index (κ2) is 4.00. The fourth-order valence-electron chi connectivity index (χ4n) is 1.07. The molecule has 1 rings (SSSR count). The number of carbonyl (C=O) groups is 1. The van der Waals surface area contributed by atoms with E-state index in [1.54, 1.807) is 0 Å². The average molecular weight is 290 g/mol. The minimum absolute atomic E-state index is 0.0862. The van der Waals surface area contributed by atoms with Crippen molar-refractivity contribution in [1.82, 2.24) is 0 Å². The van der Waals surface area contributed by atoms with Crippen molar-refractivity contribution in [3.8, 4) is 0 Å². The smallest absolute Gasteiger partial charge is 0.172 e. The van der Waals surface area contributed by atoms with Crippen LogP contribution < -0.4 is 5.73 Å². The lowest BCUT2D eigenvalue weighted by Crippen LogP contribution is -2.51. The molecule has 0 aliphatic heterocycles. The molecule has 0 aliphatic rings. The van der Waals surface area contributed by atoms with Crippen LogP contribution in [-0.4, -0.2) is 11.3 Å². The Morgan fingerprint density at radius 2 is 1.87 bits per heavy atom. The summed E-state index contributed by atoms with van der Waals surface area (Å²) in [5, 5.41) is 3.77. The highest BCUT2D eigenvalue weighted by atomic mass is 79.9. The van der Waals surface area contributed by atoms with Crippen LogP contribution in [0.5, 0.6) is 0 Å². The molecule has 0 saturated heterocycles. The summed E-state index contributed by atoms with van der Waals surface area (Å²) in [6.45, 7) is 7.54. The summed E-state index contributed by atoms with van der Waals surface area (Å²) in [6, 6.07) is 0. The third-order valence-corrected chi connectivity index (χ3v) is 4.74. The van der Waals surface area contributed by atoms with E-state index in [0.29, 0.717) is 0 Å². The largest absolute Gasteiger partial charge is 0.325 e. The summed E-state index contributed by atoms with van der Waals surface area (Å²) in [7, 11) is 0. The topological polar surface area (TPSA) is 43.1 Å². The summed E-state index contributed by atoms with van der Waals surface area (Å²) in [6.07, 6.45) is 0. The maximum absolute atomic E-state index is 12.3. The molecular formula is C11H16BrNOS. The number of ketones is 1. The molecule has 2 N–H and O–H groups in total. The Hall–Kier alpha value is -0.190. The van der Waals surface area contributed by atoms with Crippen molar-refractivity contribution in [2.45, 2.75) is 33.2 Å². The van der Waals surface area contributed by atoms with E-state index < -0.39 is 11.0 Å². The highest BCUT2D eigenvalue weighted by Crippen LogP contribution is 2.35. The first-order valence-electron chi connectivity index (χ1n) is 4.73. The number of nitrogens with two attached hydrogens (primary N) is 1. The summed E-state index contributed by atoms with van der Waals surface area (Å²) in [4.78, 5) is 12.3. The molecule has 0 bridgehead atoms. The van der Waals surface area contributed by atoms with E-state index in [1.165, 1.54) is 11.3 Å². The summed E-state index contributed by atoms with van der Waals surface area (Å²) in [5.74, 6) is 0.0862. The number of rotatable bonds is 3. The van der Waals surface area contributed by atoms with Crippen molar-refractivity contribution in [2.24, 2.45) is 11.1 Å². The predicted octanol–water partition coefficient (Wildman–Crippen LogP) is 3.46. The molecule has 1 aromatic rings. The number of hydrogen-bond donors (Lipinski definition) is 1. The van der Waals surface area contributed by atoms with Crippen molar-refractivity contribution in [3.63, 3.8) is 0 Å². The first-order valence-corrected chi connectivity index (χ1v) is 6.47. The van der Waals surface area contributed by atoms with Gasteiger partial charge in [-0.15, -0.1) is 0 Å². The van der Waals surface area contributed by atoms with Crippen LogP contribution in [0.15, 0.2) is 15.2 Å². The Kier molecular flexibility index (Phi) is 3.43. The van der Waals surface area contributed by atoms with Crippen molar-refractivity contribution >= 4 is 33.0 Å². The fraction of sp³-hybridized carbons (Fsp3) is 0.545. The van der Waals surface area contributed by atoms with Crippen LogP contribution in [0, 0.1) is 5.41 Å². The molecule has 0 atom stereocenters. The van der Waals surface area contributed by atoms with Gasteiger partial charge in [-0.05, 0) is 29.8 Å². The van der Waals surface area contributed by atoms with Crippen LogP contribution in [0.25, 0.3) is 0 Å².